The molecular formula is C19H22ClN3O4. The zero-order chi connectivity index (χ0) is 20.1. The lowest BCUT2D eigenvalue weighted by molar-refractivity contribution is -0.150. The van der Waals surface area contributed by atoms with Crippen LogP contribution in [0.5, 0.6) is 0 Å². The topological polar surface area (TPSA) is 79.0 Å². The van der Waals surface area contributed by atoms with Crippen LogP contribution in [0.25, 0.3) is 0 Å². The standard InChI is InChI=1S/C19H22ClN3O4/c1-5-8-22-10-16(24)23(19(22)26)11-27-18(25)17(12(2)3)21-15-7-6-13(4)9-14(15)20/h1,6-7,9,12,17,21H,8,10-11H2,2-4H3. The van der Waals surface area contributed by atoms with Crippen molar-refractivity contribution in [2.45, 2.75) is 26.8 Å². The number of terminal acetylenes is 1. The Morgan fingerprint density at radius 1 is 1.41 bits per heavy atom. The molecule has 1 heterocycles. The van der Waals surface area contributed by atoms with Gasteiger partial charge in [0.2, 0.25) is 0 Å². The van der Waals surface area contributed by atoms with Crippen LogP contribution in [0.3, 0.4) is 0 Å². The molecule has 0 aromatic heterocycles. The zero-order valence-electron chi connectivity index (χ0n) is 15.5. The molecule has 7 nitrogen and oxygen atoms in total. The number of rotatable bonds is 7. The Kier molecular flexibility index (Phi) is 6.70. The second-order valence-corrected chi connectivity index (χ2v) is 7.01. The summed E-state index contributed by atoms with van der Waals surface area (Å²) >= 11 is 6.21. The first-order chi connectivity index (χ1) is 12.7. The van der Waals surface area contributed by atoms with Crippen molar-refractivity contribution in [2.75, 3.05) is 25.1 Å². The SMILES string of the molecule is C#CCN1CC(=O)N(COC(=O)C(Nc2ccc(C)cc2Cl)C(C)C)C1=O. The number of urea groups is 1. The first-order valence-corrected chi connectivity index (χ1v) is 8.84. The number of benzene rings is 1. The fourth-order valence-corrected chi connectivity index (χ4v) is 2.86. The van der Waals surface area contributed by atoms with Crippen LogP contribution < -0.4 is 5.32 Å². The van der Waals surface area contributed by atoms with Crippen LogP contribution in [0.4, 0.5) is 10.5 Å². The lowest BCUT2D eigenvalue weighted by Gasteiger charge is -2.24. The lowest BCUT2D eigenvalue weighted by atomic mass is 10.0. The van der Waals surface area contributed by atoms with Crippen LogP contribution in [0.1, 0.15) is 19.4 Å². The van der Waals surface area contributed by atoms with Gasteiger partial charge in [0.25, 0.3) is 5.91 Å². The van der Waals surface area contributed by atoms with E-state index in [1.807, 2.05) is 26.8 Å². The molecule has 1 fully saturated rings. The maximum atomic E-state index is 12.5. The quantitative estimate of drug-likeness (QED) is 0.439. The Bertz CT molecular complexity index is 788. The summed E-state index contributed by atoms with van der Waals surface area (Å²) in [5, 5.41) is 3.56. The van der Waals surface area contributed by atoms with Crippen molar-refractivity contribution in [3.05, 3.63) is 28.8 Å². The monoisotopic (exact) mass is 391 g/mol. The van der Waals surface area contributed by atoms with Crippen LogP contribution >= 0.6 is 11.6 Å². The summed E-state index contributed by atoms with van der Waals surface area (Å²) in [4.78, 5) is 38.6. The van der Waals surface area contributed by atoms with Gasteiger partial charge in [-0.25, -0.2) is 14.5 Å². The number of carbonyl (C=O) groups excluding carboxylic acids is 3. The summed E-state index contributed by atoms with van der Waals surface area (Å²) < 4.78 is 5.21. The van der Waals surface area contributed by atoms with Crippen LogP contribution in [-0.4, -0.2) is 53.6 Å². The molecule has 2 rings (SSSR count). The van der Waals surface area contributed by atoms with Gasteiger partial charge in [-0.1, -0.05) is 37.4 Å². The van der Waals surface area contributed by atoms with Crippen LogP contribution in [0.15, 0.2) is 18.2 Å². The molecule has 0 bridgehead atoms. The molecule has 1 aliphatic rings. The number of amides is 3. The van der Waals surface area contributed by atoms with E-state index in [0.29, 0.717) is 10.7 Å². The fraction of sp³-hybridized carbons (Fsp3) is 0.421. The summed E-state index contributed by atoms with van der Waals surface area (Å²) in [6, 6.07) is 4.18. The molecule has 1 aromatic rings. The molecule has 1 aliphatic heterocycles. The Morgan fingerprint density at radius 3 is 2.70 bits per heavy atom. The molecule has 1 saturated heterocycles. The number of hydrogen-bond donors (Lipinski definition) is 1. The van der Waals surface area contributed by atoms with Gasteiger partial charge < -0.3 is 15.0 Å². The molecule has 144 valence electrons. The molecule has 1 N–H and O–H groups in total. The highest BCUT2D eigenvalue weighted by Crippen LogP contribution is 2.25. The number of hydrogen-bond acceptors (Lipinski definition) is 5. The third kappa shape index (κ3) is 4.92. The average molecular weight is 392 g/mol. The number of halogens is 1. The Balaban J connectivity index is 2.02. The normalized spacial score (nSPS) is 15.1. The van der Waals surface area contributed by atoms with Gasteiger partial charge in [-0.3, -0.25) is 4.79 Å². The van der Waals surface area contributed by atoms with Crippen LogP contribution in [0, 0.1) is 25.2 Å². The van der Waals surface area contributed by atoms with Crippen molar-refractivity contribution in [1.29, 1.82) is 0 Å². The van der Waals surface area contributed by atoms with E-state index < -0.39 is 30.7 Å². The number of imide groups is 1. The van der Waals surface area contributed by atoms with Crippen molar-refractivity contribution in [2.24, 2.45) is 5.92 Å². The number of esters is 1. The van der Waals surface area contributed by atoms with Gasteiger partial charge >= 0.3 is 12.0 Å². The molecule has 3 amide bonds. The minimum absolute atomic E-state index is 0.0249. The largest absolute Gasteiger partial charge is 0.442 e. The average Bonchev–Trinajstić information content (AvgIpc) is 2.85. The highest BCUT2D eigenvalue weighted by molar-refractivity contribution is 6.33. The van der Waals surface area contributed by atoms with Crippen LogP contribution in [0.2, 0.25) is 5.02 Å². The van der Waals surface area contributed by atoms with Gasteiger partial charge in [0.1, 0.15) is 12.6 Å². The van der Waals surface area contributed by atoms with E-state index in [9.17, 15) is 14.4 Å². The van der Waals surface area contributed by atoms with E-state index in [2.05, 4.69) is 11.2 Å². The van der Waals surface area contributed by atoms with Gasteiger partial charge in [0.15, 0.2) is 6.73 Å². The molecule has 1 aromatic carbocycles. The van der Waals surface area contributed by atoms with E-state index in [1.54, 1.807) is 12.1 Å². The molecule has 27 heavy (non-hydrogen) atoms. The summed E-state index contributed by atoms with van der Waals surface area (Å²) in [6.07, 6.45) is 5.17. The van der Waals surface area contributed by atoms with Crippen molar-refractivity contribution in [1.82, 2.24) is 9.80 Å². The minimum atomic E-state index is -0.695. The maximum Gasteiger partial charge on any atom is 0.330 e. The van der Waals surface area contributed by atoms with E-state index >= 15 is 0 Å². The molecule has 0 radical (unpaired) electrons. The van der Waals surface area contributed by atoms with Gasteiger partial charge in [-0.2, -0.15) is 0 Å². The number of carbonyl (C=O) groups is 3. The fourth-order valence-electron chi connectivity index (χ4n) is 2.58. The third-order valence-corrected chi connectivity index (χ3v) is 4.42. The molecule has 0 aliphatic carbocycles. The predicted octanol–water partition coefficient (Wildman–Crippen LogP) is 2.48. The molecule has 1 atom stereocenters. The summed E-state index contributed by atoms with van der Waals surface area (Å²) in [5.74, 6) is 1.15. The lowest BCUT2D eigenvalue weighted by Crippen LogP contribution is -2.41. The molecular weight excluding hydrogens is 370 g/mol. The second kappa shape index (κ2) is 8.78. The molecule has 1 unspecified atom stereocenters. The second-order valence-electron chi connectivity index (χ2n) is 6.61. The molecule has 0 saturated carbocycles. The van der Waals surface area contributed by atoms with Gasteiger partial charge in [0.05, 0.1) is 17.3 Å². The van der Waals surface area contributed by atoms with E-state index in [-0.39, 0.29) is 19.0 Å². The first-order valence-electron chi connectivity index (χ1n) is 8.46. The number of ether oxygens (including phenoxy) is 1. The zero-order valence-corrected chi connectivity index (χ0v) is 16.2. The van der Waals surface area contributed by atoms with E-state index in [1.165, 1.54) is 4.90 Å². The van der Waals surface area contributed by atoms with Gasteiger partial charge in [-0.05, 0) is 30.5 Å². The van der Waals surface area contributed by atoms with Crippen molar-refractivity contribution >= 4 is 35.2 Å². The number of nitrogens with one attached hydrogen (secondary N) is 1. The Labute approximate surface area is 163 Å². The highest BCUT2D eigenvalue weighted by Gasteiger charge is 2.37. The Morgan fingerprint density at radius 2 is 2.11 bits per heavy atom. The van der Waals surface area contributed by atoms with E-state index in [4.69, 9.17) is 22.8 Å². The van der Waals surface area contributed by atoms with Crippen molar-refractivity contribution < 1.29 is 19.1 Å². The summed E-state index contributed by atoms with van der Waals surface area (Å²) in [7, 11) is 0. The molecule has 8 heteroatoms. The smallest absolute Gasteiger partial charge is 0.330 e. The maximum absolute atomic E-state index is 12.5. The van der Waals surface area contributed by atoms with Gasteiger partial charge in [0, 0.05) is 0 Å². The number of nitrogens with zero attached hydrogens (tertiary/aromatic N) is 2. The van der Waals surface area contributed by atoms with E-state index in [0.717, 1.165) is 10.5 Å². The summed E-state index contributed by atoms with van der Waals surface area (Å²) in [6.45, 7) is 5.06. The Hall–Kier alpha value is -2.72. The predicted molar refractivity (Wildman–Crippen MR) is 102 cm³/mol. The van der Waals surface area contributed by atoms with Gasteiger partial charge in [-0.15, -0.1) is 6.42 Å². The highest BCUT2D eigenvalue weighted by atomic mass is 35.5. The van der Waals surface area contributed by atoms with Crippen LogP contribution in [-0.2, 0) is 14.3 Å². The first kappa shape index (κ1) is 20.6. The molecule has 0 spiro atoms. The third-order valence-electron chi connectivity index (χ3n) is 4.10. The summed E-state index contributed by atoms with van der Waals surface area (Å²) in [5.41, 5.74) is 1.60. The number of anilines is 1. The van der Waals surface area contributed by atoms with Crippen molar-refractivity contribution in [3.8, 4) is 12.3 Å². The van der Waals surface area contributed by atoms with Crippen molar-refractivity contribution in [3.63, 3.8) is 0 Å². The number of aryl methyl sites for hydroxylation is 1. The minimum Gasteiger partial charge on any atom is -0.442 e.